The molecule has 1 N–H and O–H groups in total. The number of carbonyl (C=O) groups excluding carboxylic acids is 2. The van der Waals surface area contributed by atoms with Gasteiger partial charge in [-0.1, -0.05) is 0 Å². The van der Waals surface area contributed by atoms with Gasteiger partial charge in [-0.05, 0) is 6.92 Å². The number of aliphatic hydroxyl groups is 1. The van der Waals surface area contributed by atoms with E-state index in [2.05, 4.69) is 0 Å². The van der Waals surface area contributed by atoms with Crippen LogP contribution < -0.4 is 0 Å². The van der Waals surface area contributed by atoms with Crippen LogP contribution in [0.5, 0.6) is 0 Å². The lowest BCUT2D eigenvalue weighted by atomic mass is 10.4. The van der Waals surface area contributed by atoms with E-state index in [1.807, 2.05) is 0 Å². The molecule has 0 atom stereocenters. The number of hydrogen-bond acceptors (Lipinski definition) is 3. The van der Waals surface area contributed by atoms with E-state index in [0.717, 1.165) is 6.08 Å². The number of carbonyl (C=O) groups is 2. The molecule has 0 bridgehead atoms. The summed E-state index contributed by atoms with van der Waals surface area (Å²) in [4.78, 5) is 20.4. The summed E-state index contributed by atoms with van der Waals surface area (Å²) in [6.07, 6.45) is 0.884. The van der Waals surface area contributed by atoms with Crippen molar-refractivity contribution in [3.63, 3.8) is 0 Å². The van der Waals surface area contributed by atoms with Crippen molar-refractivity contribution in [2.75, 3.05) is 0 Å². The standard InChI is InChI=1S/C5H5IO3/c1-3(7)2-4(8)5(6)9/h2,8H,1H3/b4-2-. The lowest BCUT2D eigenvalue weighted by Crippen LogP contribution is -1.94. The summed E-state index contributed by atoms with van der Waals surface area (Å²) in [6, 6.07) is 0. The van der Waals surface area contributed by atoms with Crippen LogP contribution in [0, 0.1) is 0 Å². The first kappa shape index (κ1) is 8.61. The Morgan fingerprint density at radius 1 is 1.56 bits per heavy atom. The quantitative estimate of drug-likeness (QED) is 0.338. The molecule has 0 heterocycles. The summed E-state index contributed by atoms with van der Waals surface area (Å²) in [6.45, 7) is 1.26. The average Bonchev–Trinajstić information content (AvgIpc) is 1.63. The molecule has 0 rings (SSSR count). The summed E-state index contributed by atoms with van der Waals surface area (Å²) in [5.41, 5.74) is 0. The summed E-state index contributed by atoms with van der Waals surface area (Å²) >= 11 is 1.39. The van der Waals surface area contributed by atoms with Crippen LogP contribution in [0.1, 0.15) is 6.92 Å². The van der Waals surface area contributed by atoms with Crippen molar-refractivity contribution in [3.8, 4) is 0 Å². The maximum absolute atomic E-state index is 10.2. The minimum Gasteiger partial charge on any atom is -0.504 e. The number of rotatable bonds is 2. The highest BCUT2D eigenvalue weighted by Crippen LogP contribution is 1.97. The number of halogens is 1. The molecule has 0 aromatic rings. The third-order valence-electron chi connectivity index (χ3n) is 0.541. The molecule has 0 fully saturated rings. The highest BCUT2D eigenvalue weighted by atomic mass is 127. The first-order valence-electron chi connectivity index (χ1n) is 2.15. The van der Waals surface area contributed by atoms with Gasteiger partial charge in [0.25, 0.3) is 3.79 Å². The van der Waals surface area contributed by atoms with E-state index in [1.165, 1.54) is 29.5 Å². The van der Waals surface area contributed by atoms with Crippen molar-refractivity contribution in [1.29, 1.82) is 0 Å². The molecule has 0 spiro atoms. The molecule has 0 aliphatic heterocycles. The third-order valence-corrected chi connectivity index (χ3v) is 1.09. The predicted molar refractivity (Wildman–Crippen MR) is 40.4 cm³/mol. The van der Waals surface area contributed by atoms with Gasteiger partial charge < -0.3 is 5.11 Å². The van der Waals surface area contributed by atoms with Crippen LogP contribution in [0.3, 0.4) is 0 Å². The van der Waals surface area contributed by atoms with Gasteiger partial charge in [-0.15, -0.1) is 0 Å². The first-order valence-corrected chi connectivity index (χ1v) is 3.23. The lowest BCUT2D eigenvalue weighted by molar-refractivity contribution is -0.114. The van der Waals surface area contributed by atoms with E-state index < -0.39 is 9.55 Å². The summed E-state index contributed by atoms with van der Waals surface area (Å²) in [5.74, 6) is -0.833. The fourth-order valence-corrected chi connectivity index (χ4v) is 0.405. The predicted octanol–water partition coefficient (Wildman–Crippen LogP) is 0.979. The molecule has 4 heteroatoms. The van der Waals surface area contributed by atoms with Crippen LogP contribution in [0.2, 0.25) is 0 Å². The second kappa shape index (κ2) is 3.60. The van der Waals surface area contributed by atoms with Crippen molar-refractivity contribution < 1.29 is 14.7 Å². The molecule has 3 nitrogen and oxygen atoms in total. The van der Waals surface area contributed by atoms with Crippen LogP contribution in [-0.4, -0.2) is 14.7 Å². The van der Waals surface area contributed by atoms with Crippen LogP contribution in [0.4, 0.5) is 0 Å². The Morgan fingerprint density at radius 3 is 2.11 bits per heavy atom. The minimum atomic E-state index is -0.525. The number of ketones is 1. The highest BCUT2D eigenvalue weighted by molar-refractivity contribution is 14.1. The highest BCUT2D eigenvalue weighted by Gasteiger charge is 2.01. The molecule has 9 heavy (non-hydrogen) atoms. The Kier molecular flexibility index (Phi) is 3.44. The van der Waals surface area contributed by atoms with E-state index in [4.69, 9.17) is 5.11 Å². The topological polar surface area (TPSA) is 54.4 Å². The van der Waals surface area contributed by atoms with Crippen LogP contribution in [0.25, 0.3) is 0 Å². The fourth-order valence-electron chi connectivity index (χ4n) is 0.249. The summed E-state index contributed by atoms with van der Waals surface area (Å²) in [7, 11) is 0. The molecule has 0 aliphatic carbocycles. The van der Waals surface area contributed by atoms with Gasteiger partial charge in [0, 0.05) is 28.7 Å². The van der Waals surface area contributed by atoms with Gasteiger partial charge >= 0.3 is 0 Å². The first-order chi connectivity index (χ1) is 4.04. The van der Waals surface area contributed by atoms with E-state index in [1.54, 1.807) is 0 Å². The van der Waals surface area contributed by atoms with Gasteiger partial charge in [0.05, 0.1) is 0 Å². The van der Waals surface area contributed by atoms with E-state index >= 15 is 0 Å². The molecule has 0 saturated heterocycles. The largest absolute Gasteiger partial charge is 0.504 e. The van der Waals surface area contributed by atoms with Crippen molar-refractivity contribution >= 4 is 32.2 Å². The number of allylic oxidation sites excluding steroid dienone is 2. The van der Waals surface area contributed by atoms with Crippen LogP contribution >= 0.6 is 22.6 Å². The molecular formula is C5H5IO3. The number of hydrogen-bond donors (Lipinski definition) is 1. The van der Waals surface area contributed by atoms with Gasteiger partial charge in [0.1, 0.15) is 0 Å². The maximum atomic E-state index is 10.2. The second-order valence-electron chi connectivity index (χ2n) is 1.41. The average molecular weight is 240 g/mol. The molecule has 0 aromatic heterocycles. The maximum Gasteiger partial charge on any atom is 0.256 e. The summed E-state index contributed by atoms with van der Waals surface area (Å²) in [5, 5.41) is 8.58. The van der Waals surface area contributed by atoms with Gasteiger partial charge in [-0.2, -0.15) is 0 Å². The van der Waals surface area contributed by atoms with Gasteiger partial charge in [0.2, 0.25) is 0 Å². The van der Waals surface area contributed by atoms with Gasteiger partial charge in [-0.25, -0.2) is 0 Å². The Balaban J connectivity index is 4.17. The molecule has 0 saturated carbocycles. The lowest BCUT2D eigenvalue weighted by Gasteiger charge is -1.85. The van der Waals surface area contributed by atoms with Gasteiger partial charge in [-0.3, -0.25) is 9.59 Å². The van der Waals surface area contributed by atoms with Crippen LogP contribution in [-0.2, 0) is 9.59 Å². The molecular weight excluding hydrogens is 235 g/mol. The third kappa shape index (κ3) is 4.14. The van der Waals surface area contributed by atoms with E-state index in [0.29, 0.717) is 0 Å². The zero-order valence-corrected chi connectivity index (χ0v) is 6.88. The molecule has 0 amide bonds. The van der Waals surface area contributed by atoms with Crippen molar-refractivity contribution in [2.45, 2.75) is 6.92 Å². The van der Waals surface area contributed by atoms with Gasteiger partial charge in [0.15, 0.2) is 11.5 Å². The van der Waals surface area contributed by atoms with Crippen molar-refractivity contribution in [1.82, 2.24) is 0 Å². The smallest absolute Gasteiger partial charge is 0.256 e. The minimum absolute atomic E-state index is 0.336. The van der Waals surface area contributed by atoms with E-state index in [-0.39, 0.29) is 5.78 Å². The zero-order valence-electron chi connectivity index (χ0n) is 4.72. The summed E-state index contributed by atoms with van der Waals surface area (Å²) < 4.78 is -0.525. The monoisotopic (exact) mass is 240 g/mol. The Morgan fingerprint density at radius 2 is 2.00 bits per heavy atom. The Labute approximate surface area is 65.9 Å². The Hall–Kier alpha value is -0.390. The zero-order chi connectivity index (χ0) is 7.44. The fraction of sp³-hybridized carbons (Fsp3) is 0.200. The van der Waals surface area contributed by atoms with Crippen molar-refractivity contribution in [2.24, 2.45) is 0 Å². The molecule has 0 radical (unpaired) electrons. The molecule has 0 aliphatic rings. The molecule has 0 aromatic carbocycles. The molecule has 50 valence electrons. The SMILES string of the molecule is CC(=O)/C=C(\O)C(=O)I. The molecule has 0 unspecified atom stereocenters. The second-order valence-corrected chi connectivity index (χ2v) is 2.39. The van der Waals surface area contributed by atoms with E-state index in [9.17, 15) is 9.59 Å². The number of aliphatic hydroxyl groups excluding tert-OH is 1. The van der Waals surface area contributed by atoms with Crippen LogP contribution in [0.15, 0.2) is 11.8 Å². The normalized spacial score (nSPS) is 11.1. The Bertz CT molecular complexity index is 171. The van der Waals surface area contributed by atoms with Crippen molar-refractivity contribution in [3.05, 3.63) is 11.8 Å².